The summed E-state index contributed by atoms with van der Waals surface area (Å²) >= 11 is 0. The van der Waals surface area contributed by atoms with E-state index in [0.717, 1.165) is 18.5 Å². The molecule has 1 saturated carbocycles. The fourth-order valence-corrected chi connectivity index (χ4v) is 2.33. The van der Waals surface area contributed by atoms with Gasteiger partial charge in [0.15, 0.2) is 0 Å². The number of hydrogen-bond donors (Lipinski definition) is 2. The summed E-state index contributed by atoms with van der Waals surface area (Å²) in [7, 11) is 0. The molecule has 0 unspecified atom stereocenters. The number of halogens is 1. The van der Waals surface area contributed by atoms with E-state index in [1.54, 1.807) is 19.1 Å². The largest absolute Gasteiger partial charge is 0.392 e. The molecule has 1 aromatic carbocycles. The van der Waals surface area contributed by atoms with Gasteiger partial charge in [-0.25, -0.2) is 4.39 Å². The van der Waals surface area contributed by atoms with Gasteiger partial charge in [-0.05, 0) is 44.0 Å². The standard InChI is InChI=1S/C16H17FN2O2/c1-9(20)8-18-16(21)13-7-15(10-2-3-10)19-14-5-4-11(17)6-12(13)14/h4-7,9-10,20H,2-3,8H2,1H3,(H,18,21)/t9-/m1/s1. The zero-order valence-corrected chi connectivity index (χ0v) is 11.8. The van der Waals surface area contributed by atoms with E-state index < -0.39 is 11.9 Å². The van der Waals surface area contributed by atoms with Gasteiger partial charge in [0.25, 0.3) is 5.91 Å². The van der Waals surface area contributed by atoms with Crippen molar-refractivity contribution in [3.8, 4) is 0 Å². The van der Waals surface area contributed by atoms with Gasteiger partial charge >= 0.3 is 0 Å². The minimum Gasteiger partial charge on any atom is -0.392 e. The van der Waals surface area contributed by atoms with Crippen LogP contribution < -0.4 is 5.32 Å². The molecule has 0 spiro atoms. The summed E-state index contributed by atoms with van der Waals surface area (Å²) in [6.45, 7) is 1.76. The SMILES string of the molecule is C[C@@H](O)CNC(=O)c1cc(C2CC2)nc2ccc(F)cc12. The third-order valence-electron chi connectivity index (χ3n) is 3.59. The minimum atomic E-state index is -0.623. The maximum Gasteiger partial charge on any atom is 0.252 e. The molecule has 1 heterocycles. The number of aliphatic hydroxyl groups is 1. The fourth-order valence-electron chi connectivity index (χ4n) is 2.33. The summed E-state index contributed by atoms with van der Waals surface area (Å²) in [6.07, 6.45) is 1.53. The molecule has 2 N–H and O–H groups in total. The molecule has 3 rings (SSSR count). The van der Waals surface area contributed by atoms with Crippen molar-refractivity contribution in [2.45, 2.75) is 31.8 Å². The number of fused-ring (bicyclic) bond motifs is 1. The van der Waals surface area contributed by atoms with Crippen LogP contribution in [-0.2, 0) is 0 Å². The van der Waals surface area contributed by atoms with E-state index in [-0.39, 0.29) is 12.5 Å². The second-order valence-corrected chi connectivity index (χ2v) is 5.59. The second kappa shape index (κ2) is 5.41. The highest BCUT2D eigenvalue weighted by Crippen LogP contribution is 2.40. The smallest absolute Gasteiger partial charge is 0.252 e. The molecule has 21 heavy (non-hydrogen) atoms. The van der Waals surface area contributed by atoms with Crippen molar-refractivity contribution in [1.82, 2.24) is 10.3 Å². The van der Waals surface area contributed by atoms with Crippen LogP contribution in [0.15, 0.2) is 24.3 Å². The third-order valence-corrected chi connectivity index (χ3v) is 3.59. The van der Waals surface area contributed by atoms with Gasteiger partial charge in [0.2, 0.25) is 0 Å². The van der Waals surface area contributed by atoms with Crippen molar-refractivity contribution in [1.29, 1.82) is 0 Å². The number of rotatable bonds is 4. The number of benzene rings is 1. The van der Waals surface area contributed by atoms with Crippen molar-refractivity contribution in [3.05, 3.63) is 41.3 Å². The predicted octanol–water partition coefficient (Wildman–Crippen LogP) is 2.36. The van der Waals surface area contributed by atoms with Crippen molar-refractivity contribution in [2.75, 3.05) is 6.54 Å². The Morgan fingerprint density at radius 3 is 2.90 bits per heavy atom. The van der Waals surface area contributed by atoms with E-state index in [9.17, 15) is 14.3 Å². The van der Waals surface area contributed by atoms with Crippen LogP contribution in [-0.4, -0.2) is 28.6 Å². The van der Waals surface area contributed by atoms with Crippen LogP contribution in [0.3, 0.4) is 0 Å². The van der Waals surface area contributed by atoms with Crippen LogP contribution in [0.4, 0.5) is 4.39 Å². The van der Waals surface area contributed by atoms with E-state index in [0.29, 0.717) is 22.4 Å². The molecular weight excluding hydrogens is 271 g/mol. The number of carbonyl (C=O) groups excluding carboxylic acids is 1. The summed E-state index contributed by atoms with van der Waals surface area (Å²) in [5, 5.41) is 12.4. The average molecular weight is 288 g/mol. The third kappa shape index (κ3) is 3.03. The van der Waals surface area contributed by atoms with Gasteiger partial charge in [-0.1, -0.05) is 0 Å². The predicted molar refractivity (Wildman–Crippen MR) is 77.7 cm³/mol. The van der Waals surface area contributed by atoms with Gasteiger partial charge in [0, 0.05) is 23.5 Å². The van der Waals surface area contributed by atoms with Crippen LogP contribution in [0.2, 0.25) is 0 Å². The molecule has 1 atom stereocenters. The molecule has 1 aliphatic carbocycles. The molecule has 1 aromatic heterocycles. The highest BCUT2D eigenvalue weighted by atomic mass is 19.1. The number of amides is 1. The second-order valence-electron chi connectivity index (χ2n) is 5.59. The number of hydrogen-bond acceptors (Lipinski definition) is 3. The molecular formula is C16H17FN2O2. The quantitative estimate of drug-likeness (QED) is 0.908. The van der Waals surface area contributed by atoms with Crippen molar-refractivity contribution in [3.63, 3.8) is 0 Å². The van der Waals surface area contributed by atoms with Crippen LogP contribution in [0.25, 0.3) is 10.9 Å². The van der Waals surface area contributed by atoms with E-state index in [2.05, 4.69) is 10.3 Å². The molecule has 1 fully saturated rings. The lowest BCUT2D eigenvalue weighted by molar-refractivity contribution is 0.0925. The first-order chi connectivity index (χ1) is 10.0. The highest BCUT2D eigenvalue weighted by molar-refractivity contribution is 6.06. The number of aromatic nitrogens is 1. The van der Waals surface area contributed by atoms with Gasteiger partial charge < -0.3 is 10.4 Å². The average Bonchev–Trinajstić information content (AvgIpc) is 3.28. The summed E-state index contributed by atoms with van der Waals surface area (Å²) in [6, 6.07) is 6.03. The lowest BCUT2D eigenvalue weighted by Crippen LogP contribution is -2.30. The maximum atomic E-state index is 13.5. The van der Waals surface area contributed by atoms with Gasteiger partial charge in [0.05, 0.1) is 17.2 Å². The molecule has 1 aliphatic rings. The minimum absolute atomic E-state index is 0.163. The first-order valence-electron chi connectivity index (χ1n) is 7.11. The number of nitrogens with one attached hydrogen (secondary N) is 1. The first kappa shape index (κ1) is 13.9. The Balaban J connectivity index is 2.04. The summed E-state index contributed by atoms with van der Waals surface area (Å²) in [5.74, 6) is -0.299. The molecule has 0 bridgehead atoms. The summed E-state index contributed by atoms with van der Waals surface area (Å²) in [5.41, 5.74) is 1.93. The van der Waals surface area contributed by atoms with Gasteiger partial charge in [0.1, 0.15) is 5.82 Å². The zero-order chi connectivity index (χ0) is 15.0. The molecule has 0 saturated heterocycles. The van der Waals surface area contributed by atoms with E-state index >= 15 is 0 Å². The summed E-state index contributed by atoms with van der Waals surface area (Å²) in [4.78, 5) is 16.8. The topological polar surface area (TPSA) is 62.2 Å². The monoisotopic (exact) mass is 288 g/mol. The number of aliphatic hydroxyl groups excluding tert-OH is 1. The molecule has 2 aromatic rings. The van der Waals surface area contributed by atoms with Gasteiger partial charge in [-0.2, -0.15) is 0 Å². The fraction of sp³-hybridized carbons (Fsp3) is 0.375. The molecule has 110 valence electrons. The van der Waals surface area contributed by atoms with Crippen LogP contribution in [0.5, 0.6) is 0 Å². The normalized spacial score (nSPS) is 16.0. The molecule has 5 heteroatoms. The number of carbonyl (C=O) groups is 1. The number of pyridine rings is 1. The first-order valence-corrected chi connectivity index (χ1v) is 7.11. The molecule has 4 nitrogen and oxygen atoms in total. The Morgan fingerprint density at radius 2 is 2.24 bits per heavy atom. The summed E-state index contributed by atoms with van der Waals surface area (Å²) < 4.78 is 13.5. The Morgan fingerprint density at radius 1 is 1.48 bits per heavy atom. The van der Waals surface area contributed by atoms with Crippen LogP contribution in [0, 0.1) is 5.82 Å². The Bertz CT molecular complexity index is 696. The van der Waals surface area contributed by atoms with Gasteiger partial charge in [-0.3, -0.25) is 9.78 Å². The lowest BCUT2D eigenvalue weighted by atomic mass is 10.0. The molecule has 0 aliphatic heterocycles. The van der Waals surface area contributed by atoms with Crippen molar-refractivity contribution in [2.24, 2.45) is 0 Å². The van der Waals surface area contributed by atoms with E-state index in [4.69, 9.17) is 0 Å². The van der Waals surface area contributed by atoms with Crippen molar-refractivity contribution >= 4 is 16.8 Å². The zero-order valence-electron chi connectivity index (χ0n) is 11.8. The van der Waals surface area contributed by atoms with Gasteiger partial charge in [-0.15, -0.1) is 0 Å². The highest BCUT2D eigenvalue weighted by Gasteiger charge is 2.27. The lowest BCUT2D eigenvalue weighted by Gasteiger charge is -2.11. The van der Waals surface area contributed by atoms with E-state index in [1.807, 2.05) is 0 Å². The Hall–Kier alpha value is -2.01. The molecule has 1 amide bonds. The Labute approximate surface area is 122 Å². The van der Waals surface area contributed by atoms with E-state index in [1.165, 1.54) is 12.1 Å². The van der Waals surface area contributed by atoms with Crippen molar-refractivity contribution < 1.29 is 14.3 Å². The Kier molecular flexibility index (Phi) is 3.59. The van der Waals surface area contributed by atoms with Crippen LogP contribution in [0.1, 0.15) is 41.7 Å². The number of nitrogens with zero attached hydrogens (tertiary/aromatic N) is 1. The molecule has 0 radical (unpaired) electrons. The maximum absolute atomic E-state index is 13.5. The van der Waals surface area contributed by atoms with Crippen LogP contribution >= 0.6 is 0 Å².